The first-order valence-corrected chi connectivity index (χ1v) is 14.5. The van der Waals surface area contributed by atoms with Gasteiger partial charge in [-0.2, -0.15) is 0 Å². The van der Waals surface area contributed by atoms with Crippen LogP contribution in [0.25, 0.3) is 0 Å². The Morgan fingerprint density at radius 2 is 1.66 bits per heavy atom. The summed E-state index contributed by atoms with van der Waals surface area (Å²) in [5, 5.41) is 10.5. The van der Waals surface area contributed by atoms with Gasteiger partial charge in [-0.1, -0.05) is 72.6 Å². The molecule has 10 heteroatoms. The van der Waals surface area contributed by atoms with Crippen LogP contribution in [0.4, 0.5) is 0 Å². The Balaban J connectivity index is 1.86. The van der Waals surface area contributed by atoms with Gasteiger partial charge in [0.25, 0.3) is 5.91 Å². The van der Waals surface area contributed by atoms with Crippen molar-refractivity contribution < 1.29 is 27.9 Å². The Labute approximate surface area is 231 Å². The second-order valence-corrected chi connectivity index (χ2v) is 12.0. The lowest BCUT2D eigenvalue weighted by molar-refractivity contribution is -0.182. The van der Waals surface area contributed by atoms with Crippen molar-refractivity contribution in [1.29, 1.82) is 0 Å². The first-order chi connectivity index (χ1) is 18.1. The number of carbonyl (C=O) groups excluding carboxylic acids is 1. The van der Waals surface area contributed by atoms with Gasteiger partial charge in [0.1, 0.15) is 12.2 Å². The highest BCUT2D eigenvalue weighted by Gasteiger charge is 2.47. The minimum atomic E-state index is -3.78. The smallest absolute Gasteiger partial charge is 0.306 e. The molecular weight excluding hydrogens is 549 g/mol. The van der Waals surface area contributed by atoms with Crippen LogP contribution in [-0.4, -0.2) is 48.2 Å². The van der Waals surface area contributed by atoms with Gasteiger partial charge in [-0.15, -0.1) is 0 Å². The third-order valence-corrected chi connectivity index (χ3v) is 8.86. The Bertz CT molecular complexity index is 1400. The molecule has 1 saturated heterocycles. The van der Waals surface area contributed by atoms with Crippen molar-refractivity contribution in [3.63, 3.8) is 0 Å². The topological polar surface area (TPSA) is 101 Å². The van der Waals surface area contributed by atoms with Crippen LogP contribution in [0.5, 0.6) is 0 Å². The summed E-state index contributed by atoms with van der Waals surface area (Å²) >= 11 is 12.4. The van der Waals surface area contributed by atoms with E-state index in [9.17, 15) is 23.1 Å². The lowest BCUT2D eigenvalue weighted by atomic mass is 9.89. The SMILES string of the molecule is CCC(CS(=O)(=O)c1ccccc1)N1C(=O)[C@H](CC(=O)O)O[C@H](c2cccc(Cl)c2)[C@H]1c1ccc(Cl)cc1. The molecule has 0 aromatic heterocycles. The molecule has 1 aliphatic heterocycles. The molecule has 0 aliphatic carbocycles. The number of aliphatic carboxylic acids is 1. The summed E-state index contributed by atoms with van der Waals surface area (Å²) in [5.41, 5.74) is 1.29. The van der Waals surface area contributed by atoms with Gasteiger partial charge >= 0.3 is 5.97 Å². The summed E-state index contributed by atoms with van der Waals surface area (Å²) in [5.74, 6) is -2.13. The molecule has 1 fully saturated rings. The zero-order chi connectivity index (χ0) is 27.4. The number of benzene rings is 3. The predicted octanol–water partition coefficient (Wildman–Crippen LogP) is 5.73. The molecule has 38 heavy (non-hydrogen) atoms. The third kappa shape index (κ3) is 6.21. The van der Waals surface area contributed by atoms with Crippen molar-refractivity contribution in [2.45, 2.75) is 49.0 Å². The van der Waals surface area contributed by atoms with Crippen molar-refractivity contribution in [2.24, 2.45) is 0 Å². The molecule has 1 N–H and O–H groups in total. The van der Waals surface area contributed by atoms with E-state index in [0.29, 0.717) is 27.6 Å². The highest BCUT2D eigenvalue weighted by atomic mass is 35.5. The maximum absolute atomic E-state index is 13.9. The fourth-order valence-electron chi connectivity index (χ4n) is 4.77. The van der Waals surface area contributed by atoms with E-state index in [-0.39, 0.29) is 10.6 Å². The molecule has 200 valence electrons. The molecule has 1 heterocycles. The van der Waals surface area contributed by atoms with Gasteiger partial charge in [0.05, 0.1) is 23.1 Å². The van der Waals surface area contributed by atoms with Crippen LogP contribution in [0.3, 0.4) is 0 Å². The molecule has 1 unspecified atom stereocenters. The molecular formula is C28H27Cl2NO6S. The van der Waals surface area contributed by atoms with Gasteiger partial charge in [-0.3, -0.25) is 9.59 Å². The van der Waals surface area contributed by atoms with Crippen molar-refractivity contribution in [3.8, 4) is 0 Å². The summed E-state index contributed by atoms with van der Waals surface area (Å²) in [6.45, 7) is 1.80. The molecule has 1 amide bonds. The fraction of sp³-hybridized carbons (Fsp3) is 0.286. The summed E-state index contributed by atoms with van der Waals surface area (Å²) < 4.78 is 33.0. The monoisotopic (exact) mass is 575 g/mol. The Hall–Kier alpha value is -2.91. The van der Waals surface area contributed by atoms with E-state index in [4.69, 9.17) is 27.9 Å². The summed E-state index contributed by atoms with van der Waals surface area (Å²) in [6.07, 6.45) is -2.38. The van der Waals surface area contributed by atoms with Gasteiger partial charge < -0.3 is 14.7 Å². The molecule has 3 aromatic carbocycles. The number of amides is 1. The van der Waals surface area contributed by atoms with Crippen LogP contribution < -0.4 is 0 Å². The predicted molar refractivity (Wildman–Crippen MR) is 145 cm³/mol. The molecule has 4 rings (SSSR count). The molecule has 0 radical (unpaired) electrons. The number of sulfone groups is 1. The zero-order valence-corrected chi connectivity index (χ0v) is 22.9. The number of nitrogens with zero attached hydrogens (tertiary/aromatic N) is 1. The average molecular weight is 576 g/mol. The lowest BCUT2D eigenvalue weighted by Crippen LogP contribution is -2.56. The third-order valence-electron chi connectivity index (χ3n) is 6.55. The number of rotatable bonds is 9. The minimum Gasteiger partial charge on any atom is -0.481 e. The van der Waals surface area contributed by atoms with Crippen molar-refractivity contribution in [1.82, 2.24) is 4.90 Å². The second-order valence-electron chi connectivity index (χ2n) is 9.10. The number of halogens is 2. The molecule has 1 aliphatic rings. The van der Waals surface area contributed by atoms with Crippen molar-refractivity contribution >= 4 is 44.9 Å². The summed E-state index contributed by atoms with van der Waals surface area (Å²) in [7, 11) is -3.78. The van der Waals surface area contributed by atoms with E-state index in [1.807, 2.05) is 0 Å². The van der Waals surface area contributed by atoms with Crippen LogP contribution in [0, 0.1) is 0 Å². The Kier molecular flexibility index (Phi) is 8.78. The van der Waals surface area contributed by atoms with Gasteiger partial charge in [0, 0.05) is 16.1 Å². The van der Waals surface area contributed by atoms with Crippen molar-refractivity contribution in [2.75, 3.05) is 5.75 Å². The van der Waals surface area contributed by atoms with Gasteiger partial charge in [-0.05, 0) is 53.9 Å². The molecule has 7 nitrogen and oxygen atoms in total. The van der Waals surface area contributed by atoms with E-state index < -0.39 is 52.4 Å². The maximum atomic E-state index is 13.9. The van der Waals surface area contributed by atoms with E-state index >= 15 is 0 Å². The molecule has 4 atom stereocenters. The van der Waals surface area contributed by atoms with Gasteiger partial charge in [0.15, 0.2) is 9.84 Å². The van der Waals surface area contributed by atoms with Gasteiger partial charge in [0.2, 0.25) is 0 Å². The Morgan fingerprint density at radius 3 is 2.26 bits per heavy atom. The van der Waals surface area contributed by atoms with Crippen LogP contribution in [-0.2, 0) is 24.2 Å². The number of morpholine rings is 1. The molecule has 0 saturated carbocycles. The maximum Gasteiger partial charge on any atom is 0.306 e. The highest BCUT2D eigenvalue weighted by molar-refractivity contribution is 7.91. The number of carbonyl (C=O) groups is 2. The van der Waals surface area contributed by atoms with E-state index in [1.165, 1.54) is 17.0 Å². The standard InChI is InChI=1S/C28H27Cl2NO6S/c1-2-22(17-38(35,36)23-9-4-3-5-10-23)31-26(18-11-13-20(29)14-12-18)27(19-7-6-8-21(30)15-19)37-24(28(31)34)16-25(32)33/h3-15,22,24,26-27H,2,16-17H2,1H3,(H,32,33)/t22?,24-,26+,27+/m0/s1. The first-order valence-electron chi connectivity index (χ1n) is 12.1. The zero-order valence-electron chi connectivity index (χ0n) is 20.5. The van der Waals surface area contributed by atoms with Gasteiger partial charge in [-0.25, -0.2) is 8.42 Å². The number of hydrogen-bond donors (Lipinski definition) is 1. The largest absolute Gasteiger partial charge is 0.481 e. The lowest BCUT2D eigenvalue weighted by Gasteiger charge is -2.48. The summed E-state index contributed by atoms with van der Waals surface area (Å²) in [4.78, 5) is 27.2. The van der Waals surface area contributed by atoms with Crippen LogP contribution in [0.1, 0.15) is 43.0 Å². The average Bonchev–Trinajstić information content (AvgIpc) is 2.89. The fourth-order valence-corrected chi connectivity index (χ4v) is 6.76. The molecule has 0 spiro atoms. The first kappa shape index (κ1) is 28.1. The van der Waals surface area contributed by atoms with Crippen molar-refractivity contribution in [3.05, 3.63) is 100 Å². The van der Waals surface area contributed by atoms with Crippen LogP contribution in [0.15, 0.2) is 83.8 Å². The van der Waals surface area contributed by atoms with E-state index in [1.54, 1.807) is 73.7 Å². The minimum absolute atomic E-state index is 0.149. The summed E-state index contributed by atoms with van der Waals surface area (Å²) in [6, 6.07) is 20.3. The van der Waals surface area contributed by atoms with Crippen LogP contribution >= 0.6 is 23.2 Å². The Morgan fingerprint density at radius 1 is 0.974 bits per heavy atom. The van der Waals surface area contributed by atoms with E-state index in [0.717, 1.165) is 0 Å². The second kappa shape index (κ2) is 11.9. The van der Waals surface area contributed by atoms with Crippen LogP contribution in [0.2, 0.25) is 10.0 Å². The normalized spacial score (nSPS) is 20.8. The molecule has 3 aromatic rings. The highest BCUT2D eigenvalue weighted by Crippen LogP contribution is 2.45. The number of ether oxygens (including phenoxy) is 1. The number of hydrogen-bond acceptors (Lipinski definition) is 5. The number of carboxylic acid groups (broad SMARTS) is 1. The quantitative estimate of drug-likeness (QED) is 0.349. The van der Waals surface area contributed by atoms with E-state index in [2.05, 4.69) is 0 Å². The molecule has 0 bridgehead atoms. The number of carboxylic acids is 1.